The van der Waals surface area contributed by atoms with Gasteiger partial charge in [0.05, 0.1) is 28.9 Å². The summed E-state index contributed by atoms with van der Waals surface area (Å²) in [5.41, 5.74) is 12.2. The largest absolute Gasteiger partial charge is 0.397 e. The third-order valence-corrected chi connectivity index (χ3v) is 3.72. The van der Waals surface area contributed by atoms with Crippen molar-refractivity contribution in [1.29, 1.82) is 0 Å². The number of hydrogen-bond acceptors (Lipinski definition) is 5. The first-order valence-electron chi connectivity index (χ1n) is 6.09. The van der Waals surface area contributed by atoms with Gasteiger partial charge in [0, 0.05) is 11.1 Å². The number of rotatable bonds is 5. The molecule has 0 fully saturated rings. The van der Waals surface area contributed by atoms with Crippen molar-refractivity contribution < 1.29 is 9.59 Å². The van der Waals surface area contributed by atoms with Crippen LogP contribution in [0.2, 0.25) is 0 Å². The van der Waals surface area contributed by atoms with E-state index >= 15 is 0 Å². The second-order valence-electron chi connectivity index (χ2n) is 4.16. The maximum Gasteiger partial charge on any atom is 0.250 e. The third kappa shape index (κ3) is 3.96. The van der Waals surface area contributed by atoms with Crippen LogP contribution in [0.5, 0.6) is 0 Å². The molecule has 0 saturated heterocycles. The standard InChI is InChI=1S/C14H14N4O2S/c15-10-7-17-6-5-12(10)21-8-13(19)18-11-4-2-1-3-9(11)14(16)20/h1-7H,8,15H2,(H2,16,20)(H,18,19). The number of amides is 2. The molecule has 2 amide bonds. The Hall–Kier alpha value is -2.54. The van der Waals surface area contributed by atoms with Crippen molar-refractivity contribution in [1.82, 2.24) is 4.98 Å². The van der Waals surface area contributed by atoms with Crippen LogP contribution < -0.4 is 16.8 Å². The van der Waals surface area contributed by atoms with Gasteiger partial charge in [0.2, 0.25) is 5.91 Å². The Bertz CT molecular complexity index is 676. The molecule has 7 heteroatoms. The van der Waals surface area contributed by atoms with Crippen LogP contribution >= 0.6 is 11.8 Å². The zero-order valence-electron chi connectivity index (χ0n) is 11.1. The number of nitrogens with two attached hydrogens (primary N) is 2. The van der Waals surface area contributed by atoms with Crippen LogP contribution in [0.25, 0.3) is 0 Å². The lowest BCUT2D eigenvalue weighted by molar-refractivity contribution is -0.113. The van der Waals surface area contributed by atoms with Crippen molar-refractivity contribution in [2.75, 3.05) is 16.8 Å². The van der Waals surface area contributed by atoms with E-state index in [0.717, 1.165) is 4.90 Å². The van der Waals surface area contributed by atoms with Crippen LogP contribution in [-0.2, 0) is 4.79 Å². The van der Waals surface area contributed by atoms with Crippen molar-refractivity contribution in [2.24, 2.45) is 5.73 Å². The molecule has 0 unspecified atom stereocenters. The molecule has 2 rings (SSSR count). The maximum absolute atomic E-state index is 11.9. The first-order valence-corrected chi connectivity index (χ1v) is 7.07. The van der Waals surface area contributed by atoms with Crippen molar-refractivity contribution in [3.05, 3.63) is 48.3 Å². The summed E-state index contributed by atoms with van der Waals surface area (Å²) in [7, 11) is 0. The Morgan fingerprint density at radius 2 is 2.00 bits per heavy atom. The molecular formula is C14H14N4O2S. The van der Waals surface area contributed by atoms with E-state index in [1.54, 1.807) is 36.5 Å². The molecule has 2 aromatic rings. The lowest BCUT2D eigenvalue weighted by atomic mass is 10.1. The number of benzene rings is 1. The second kappa shape index (κ2) is 6.76. The van der Waals surface area contributed by atoms with E-state index in [9.17, 15) is 9.59 Å². The fourth-order valence-corrected chi connectivity index (χ4v) is 2.40. The molecule has 0 aliphatic rings. The molecule has 1 aromatic carbocycles. The summed E-state index contributed by atoms with van der Waals surface area (Å²) in [5, 5.41) is 2.66. The highest BCUT2D eigenvalue weighted by atomic mass is 32.2. The molecule has 6 nitrogen and oxygen atoms in total. The molecule has 0 aliphatic carbocycles. The fraction of sp³-hybridized carbons (Fsp3) is 0.0714. The van der Waals surface area contributed by atoms with E-state index in [1.165, 1.54) is 18.0 Å². The minimum atomic E-state index is -0.586. The van der Waals surface area contributed by atoms with Crippen LogP contribution in [0, 0.1) is 0 Å². The average molecular weight is 302 g/mol. The van der Waals surface area contributed by atoms with Gasteiger partial charge < -0.3 is 16.8 Å². The molecule has 0 radical (unpaired) electrons. The summed E-state index contributed by atoms with van der Waals surface area (Å²) in [4.78, 5) is 27.9. The Morgan fingerprint density at radius 3 is 2.71 bits per heavy atom. The minimum Gasteiger partial charge on any atom is -0.397 e. The average Bonchev–Trinajstić information content (AvgIpc) is 2.47. The summed E-state index contributed by atoms with van der Waals surface area (Å²) in [5.74, 6) is -0.664. The number of para-hydroxylation sites is 1. The second-order valence-corrected chi connectivity index (χ2v) is 5.18. The number of nitrogens with one attached hydrogen (secondary N) is 1. The lowest BCUT2D eigenvalue weighted by Crippen LogP contribution is -2.19. The summed E-state index contributed by atoms with van der Waals surface area (Å²) >= 11 is 1.30. The molecule has 5 N–H and O–H groups in total. The molecule has 0 saturated carbocycles. The SMILES string of the molecule is NC(=O)c1ccccc1NC(=O)CSc1ccncc1N. The highest BCUT2D eigenvalue weighted by molar-refractivity contribution is 8.00. The number of nitrogens with zero attached hydrogens (tertiary/aromatic N) is 1. The minimum absolute atomic E-state index is 0.168. The molecule has 1 heterocycles. The maximum atomic E-state index is 11.9. The van der Waals surface area contributed by atoms with E-state index < -0.39 is 5.91 Å². The van der Waals surface area contributed by atoms with Crippen LogP contribution in [0.4, 0.5) is 11.4 Å². The number of nitrogen functional groups attached to an aromatic ring is 1. The quantitative estimate of drug-likeness (QED) is 0.725. The van der Waals surface area contributed by atoms with Gasteiger partial charge in [0.25, 0.3) is 5.91 Å². The van der Waals surface area contributed by atoms with Crippen LogP contribution in [0.15, 0.2) is 47.6 Å². The molecule has 1 aromatic heterocycles. The Kier molecular flexibility index (Phi) is 4.78. The normalized spacial score (nSPS) is 10.1. The topological polar surface area (TPSA) is 111 Å². The molecule has 21 heavy (non-hydrogen) atoms. The van der Waals surface area contributed by atoms with Gasteiger partial charge >= 0.3 is 0 Å². The number of hydrogen-bond donors (Lipinski definition) is 3. The monoisotopic (exact) mass is 302 g/mol. The number of aromatic nitrogens is 1. The molecule has 0 atom stereocenters. The van der Waals surface area contributed by atoms with E-state index in [0.29, 0.717) is 11.4 Å². The van der Waals surface area contributed by atoms with Crippen molar-refractivity contribution in [3.63, 3.8) is 0 Å². The first-order chi connectivity index (χ1) is 10.1. The number of thioether (sulfide) groups is 1. The van der Waals surface area contributed by atoms with Crippen molar-refractivity contribution in [2.45, 2.75) is 4.90 Å². The number of anilines is 2. The number of primary amides is 1. The van der Waals surface area contributed by atoms with Crippen molar-refractivity contribution >= 4 is 35.0 Å². The Labute approximate surface area is 125 Å². The fourth-order valence-electron chi connectivity index (χ4n) is 1.66. The zero-order valence-corrected chi connectivity index (χ0v) is 11.9. The van der Waals surface area contributed by atoms with Crippen LogP contribution in [0.3, 0.4) is 0 Å². The van der Waals surface area contributed by atoms with E-state index in [2.05, 4.69) is 10.3 Å². The third-order valence-electron chi connectivity index (χ3n) is 2.64. The van der Waals surface area contributed by atoms with E-state index in [-0.39, 0.29) is 17.2 Å². The predicted octanol–water partition coefficient (Wildman–Crippen LogP) is 1.49. The van der Waals surface area contributed by atoms with E-state index in [4.69, 9.17) is 11.5 Å². The lowest BCUT2D eigenvalue weighted by Gasteiger charge is -2.09. The molecule has 0 aliphatic heterocycles. The van der Waals surface area contributed by atoms with Gasteiger partial charge in [-0.1, -0.05) is 12.1 Å². The zero-order chi connectivity index (χ0) is 15.2. The molecule has 0 spiro atoms. The van der Waals surface area contributed by atoms with Gasteiger partial charge in [0.1, 0.15) is 0 Å². The van der Waals surface area contributed by atoms with Crippen LogP contribution in [-0.4, -0.2) is 22.6 Å². The summed E-state index contributed by atoms with van der Waals surface area (Å²) in [6, 6.07) is 8.33. The molecular weight excluding hydrogens is 288 g/mol. The Morgan fingerprint density at radius 1 is 1.24 bits per heavy atom. The van der Waals surface area contributed by atoms with Crippen LogP contribution in [0.1, 0.15) is 10.4 Å². The smallest absolute Gasteiger partial charge is 0.250 e. The number of pyridine rings is 1. The summed E-state index contributed by atoms with van der Waals surface area (Å²) < 4.78 is 0. The van der Waals surface area contributed by atoms with Gasteiger partial charge in [-0.25, -0.2) is 0 Å². The molecule has 108 valence electrons. The highest BCUT2D eigenvalue weighted by Gasteiger charge is 2.11. The predicted molar refractivity (Wildman–Crippen MR) is 83.0 cm³/mol. The van der Waals surface area contributed by atoms with Gasteiger partial charge in [-0.3, -0.25) is 14.6 Å². The van der Waals surface area contributed by atoms with Gasteiger partial charge in [0.15, 0.2) is 0 Å². The highest BCUT2D eigenvalue weighted by Crippen LogP contribution is 2.23. The Balaban J connectivity index is 2.00. The molecule has 0 bridgehead atoms. The van der Waals surface area contributed by atoms with Gasteiger partial charge in [-0.15, -0.1) is 11.8 Å². The number of carbonyl (C=O) groups excluding carboxylic acids is 2. The summed E-state index contributed by atoms with van der Waals surface area (Å²) in [6.45, 7) is 0. The van der Waals surface area contributed by atoms with Gasteiger partial charge in [-0.05, 0) is 18.2 Å². The number of carbonyl (C=O) groups is 2. The van der Waals surface area contributed by atoms with Crippen molar-refractivity contribution in [3.8, 4) is 0 Å². The van der Waals surface area contributed by atoms with E-state index in [1.807, 2.05) is 0 Å². The first kappa shape index (κ1) is 14.9. The van der Waals surface area contributed by atoms with Gasteiger partial charge in [-0.2, -0.15) is 0 Å². The summed E-state index contributed by atoms with van der Waals surface area (Å²) in [6.07, 6.45) is 3.14.